The normalized spacial score (nSPS) is 11.1. The first kappa shape index (κ1) is 12.5. The number of nitriles is 2. The molecule has 0 aromatic heterocycles. The van der Waals surface area contributed by atoms with Gasteiger partial charge >= 0.3 is 0 Å². The number of allylic oxidation sites excluding steroid dienone is 1. The molecule has 6 heteroatoms. The lowest BCUT2D eigenvalue weighted by molar-refractivity contribution is -0.114. The van der Waals surface area contributed by atoms with Crippen LogP contribution in [0.25, 0.3) is 6.08 Å². The predicted octanol–water partition coefficient (Wildman–Crippen LogP) is 1.80. The fraction of sp³-hybridized carbons (Fsp3) is 0.154. The highest BCUT2D eigenvalue weighted by Gasteiger charge is 2.17. The number of nitrogens with zero attached hydrogens (tertiary/aromatic N) is 2. The van der Waals surface area contributed by atoms with Crippen LogP contribution < -0.4 is 14.8 Å². The Labute approximate surface area is 109 Å². The maximum Gasteiger partial charge on any atom is 0.231 e. The molecule has 1 amide bonds. The zero-order valence-electron chi connectivity index (χ0n) is 10.1. The number of carbonyl (C=O) groups is 1. The quantitative estimate of drug-likeness (QED) is 0.813. The van der Waals surface area contributed by atoms with Crippen LogP contribution in [-0.2, 0) is 4.79 Å². The molecule has 0 spiro atoms. The molecule has 2 rings (SSSR count). The smallest absolute Gasteiger partial charge is 0.231 e. The second-order valence-corrected chi connectivity index (χ2v) is 3.76. The van der Waals surface area contributed by atoms with Gasteiger partial charge in [-0.3, -0.25) is 4.79 Å². The molecule has 0 saturated heterocycles. The highest BCUT2D eigenvalue weighted by Crippen LogP contribution is 2.37. The van der Waals surface area contributed by atoms with Gasteiger partial charge in [-0.25, -0.2) is 0 Å². The van der Waals surface area contributed by atoms with Crippen molar-refractivity contribution >= 4 is 17.7 Å². The van der Waals surface area contributed by atoms with Crippen molar-refractivity contribution in [3.8, 4) is 23.6 Å². The fourth-order valence-electron chi connectivity index (χ4n) is 1.62. The third-order valence-electron chi connectivity index (χ3n) is 2.40. The Hall–Kier alpha value is -2.99. The van der Waals surface area contributed by atoms with Crippen LogP contribution >= 0.6 is 0 Å². The van der Waals surface area contributed by atoms with E-state index in [1.54, 1.807) is 24.3 Å². The molecule has 0 aliphatic carbocycles. The van der Waals surface area contributed by atoms with E-state index in [2.05, 4.69) is 5.32 Å². The number of anilines is 1. The number of hydrogen-bond donors (Lipinski definition) is 1. The third kappa shape index (κ3) is 2.64. The molecule has 1 aromatic rings. The summed E-state index contributed by atoms with van der Waals surface area (Å²) in [6.07, 6.45) is 1.38. The summed E-state index contributed by atoms with van der Waals surface area (Å²) < 4.78 is 10.4. The van der Waals surface area contributed by atoms with E-state index in [1.165, 1.54) is 13.0 Å². The van der Waals surface area contributed by atoms with Crippen molar-refractivity contribution in [2.75, 3.05) is 12.1 Å². The minimum absolute atomic E-state index is 0.0644. The van der Waals surface area contributed by atoms with Crippen LogP contribution in [0.4, 0.5) is 5.69 Å². The molecule has 1 N–H and O–H groups in total. The maximum atomic E-state index is 11.2. The standard InChI is InChI=1S/C13H9N3O3/c1-8(17)16-11-4-13-12(18-7-19-13)3-10(11)2-9(5-14)6-15/h2-4H,7H2,1H3,(H,16,17). The van der Waals surface area contributed by atoms with Gasteiger partial charge in [0.2, 0.25) is 12.7 Å². The molecule has 0 radical (unpaired) electrons. The van der Waals surface area contributed by atoms with Gasteiger partial charge in [0, 0.05) is 18.6 Å². The zero-order valence-corrected chi connectivity index (χ0v) is 10.1. The molecule has 0 fully saturated rings. The highest BCUT2D eigenvalue weighted by atomic mass is 16.7. The van der Waals surface area contributed by atoms with E-state index in [-0.39, 0.29) is 18.3 Å². The fourth-order valence-corrected chi connectivity index (χ4v) is 1.62. The van der Waals surface area contributed by atoms with Gasteiger partial charge in [0.15, 0.2) is 11.5 Å². The molecule has 19 heavy (non-hydrogen) atoms. The minimum atomic E-state index is -0.260. The summed E-state index contributed by atoms with van der Waals surface area (Å²) >= 11 is 0. The summed E-state index contributed by atoms with van der Waals surface area (Å²) in [4.78, 5) is 11.2. The summed E-state index contributed by atoms with van der Waals surface area (Å²) in [5.74, 6) is 0.760. The number of benzene rings is 1. The lowest BCUT2D eigenvalue weighted by Crippen LogP contribution is -2.07. The first-order chi connectivity index (χ1) is 9.13. The van der Waals surface area contributed by atoms with Gasteiger partial charge in [0.05, 0.1) is 5.69 Å². The molecule has 1 heterocycles. The molecule has 1 aliphatic rings. The number of amides is 1. The average Bonchev–Trinajstić information content (AvgIpc) is 2.82. The molecule has 0 atom stereocenters. The molecule has 0 saturated carbocycles. The van der Waals surface area contributed by atoms with Crippen LogP contribution in [0.5, 0.6) is 11.5 Å². The van der Waals surface area contributed by atoms with E-state index in [0.717, 1.165) is 0 Å². The largest absolute Gasteiger partial charge is 0.454 e. The van der Waals surface area contributed by atoms with Gasteiger partial charge in [0.1, 0.15) is 17.7 Å². The first-order valence-electron chi connectivity index (χ1n) is 5.37. The minimum Gasteiger partial charge on any atom is -0.454 e. The van der Waals surface area contributed by atoms with E-state index in [9.17, 15) is 4.79 Å². The number of fused-ring (bicyclic) bond motifs is 1. The van der Waals surface area contributed by atoms with E-state index >= 15 is 0 Å². The Morgan fingerprint density at radius 2 is 1.95 bits per heavy atom. The van der Waals surface area contributed by atoms with Crippen molar-refractivity contribution < 1.29 is 14.3 Å². The molecule has 0 bridgehead atoms. The van der Waals surface area contributed by atoms with Crippen LogP contribution in [0.1, 0.15) is 12.5 Å². The number of hydrogen-bond acceptors (Lipinski definition) is 5. The van der Waals surface area contributed by atoms with Gasteiger partial charge in [-0.15, -0.1) is 0 Å². The van der Waals surface area contributed by atoms with Crippen LogP contribution in [0.3, 0.4) is 0 Å². The molecular formula is C13H9N3O3. The monoisotopic (exact) mass is 255 g/mol. The van der Waals surface area contributed by atoms with Gasteiger partial charge in [-0.2, -0.15) is 10.5 Å². The maximum absolute atomic E-state index is 11.2. The predicted molar refractivity (Wildman–Crippen MR) is 66.1 cm³/mol. The van der Waals surface area contributed by atoms with Crippen molar-refractivity contribution in [2.24, 2.45) is 0 Å². The Morgan fingerprint density at radius 1 is 1.32 bits per heavy atom. The van der Waals surface area contributed by atoms with Crippen LogP contribution in [-0.4, -0.2) is 12.7 Å². The molecular weight excluding hydrogens is 246 g/mol. The van der Waals surface area contributed by atoms with E-state index in [0.29, 0.717) is 22.7 Å². The van der Waals surface area contributed by atoms with Crippen LogP contribution in [0.15, 0.2) is 17.7 Å². The lowest BCUT2D eigenvalue weighted by Gasteiger charge is -2.08. The molecule has 0 unspecified atom stereocenters. The van der Waals surface area contributed by atoms with E-state index < -0.39 is 0 Å². The second-order valence-electron chi connectivity index (χ2n) is 3.76. The van der Waals surface area contributed by atoms with E-state index in [4.69, 9.17) is 20.0 Å². The Balaban J connectivity index is 2.52. The number of rotatable bonds is 2. The summed E-state index contributed by atoms with van der Waals surface area (Å²) in [7, 11) is 0. The first-order valence-corrected chi connectivity index (χ1v) is 5.37. The van der Waals surface area contributed by atoms with Crippen molar-refractivity contribution in [1.29, 1.82) is 10.5 Å². The van der Waals surface area contributed by atoms with Crippen LogP contribution in [0, 0.1) is 22.7 Å². The second kappa shape index (κ2) is 5.11. The lowest BCUT2D eigenvalue weighted by atomic mass is 10.1. The summed E-state index contributed by atoms with van der Waals surface area (Å²) in [5, 5.41) is 20.2. The van der Waals surface area contributed by atoms with Crippen LogP contribution in [0.2, 0.25) is 0 Å². The Bertz CT molecular complexity index is 634. The van der Waals surface area contributed by atoms with Crippen molar-refractivity contribution in [3.05, 3.63) is 23.3 Å². The topological polar surface area (TPSA) is 95.1 Å². The van der Waals surface area contributed by atoms with Crippen molar-refractivity contribution in [2.45, 2.75) is 6.92 Å². The SMILES string of the molecule is CC(=O)Nc1cc2c(cc1C=C(C#N)C#N)OCO2. The summed E-state index contributed by atoms with van der Waals surface area (Å²) in [6, 6.07) is 6.74. The van der Waals surface area contributed by atoms with Gasteiger partial charge in [-0.1, -0.05) is 0 Å². The molecule has 6 nitrogen and oxygen atoms in total. The highest BCUT2D eigenvalue weighted by molar-refractivity contribution is 5.92. The molecule has 1 aliphatic heterocycles. The summed E-state index contributed by atoms with van der Waals surface area (Å²) in [6.45, 7) is 1.47. The molecule has 94 valence electrons. The Kier molecular flexibility index (Phi) is 3.35. The number of ether oxygens (including phenoxy) is 2. The van der Waals surface area contributed by atoms with E-state index in [1.807, 2.05) is 0 Å². The van der Waals surface area contributed by atoms with Crippen molar-refractivity contribution in [1.82, 2.24) is 0 Å². The third-order valence-corrected chi connectivity index (χ3v) is 2.40. The van der Waals surface area contributed by atoms with Gasteiger partial charge in [-0.05, 0) is 12.1 Å². The van der Waals surface area contributed by atoms with Crippen molar-refractivity contribution in [3.63, 3.8) is 0 Å². The average molecular weight is 255 g/mol. The van der Waals surface area contributed by atoms with Gasteiger partial charge in [0.25, 0.3) is 0 Å². The van der Waals surface area contributed by atoms with Gasteiger partial charge < -0.3 is 14.8 Å². The number of carbonyl (C=O) groups excluding carboxylic acids is 1. The number of nitrogens with one attached hydrogen (secondary N) is 1. The summed E-state index contributed by atoms with van der Waals surface area (Å²) in [5.41, 5.74) is 0.905. The zero-order chi connectivity index (χ0) is 13.8. The Morgan fingerprint density at radius 3 is 2.53 bits per heavy atom. The molecule has 1 aromatic carbocycles.